The lowest BCUT2D eigenvalue weighted by molar-refractivity contribution is -0.127. The molecule has 0 saturated carbocycles. The number of fused-ring (bicyclic) bond motifs is 1. The van der Waals surface area contributed by atoms with Crippen molar-refractivity contribution >= 4 is 28.6 Å². The SMILES string of the molecule is COc1cc(OC)c(F)c(N(CCCN2CCCC2=O)c2ccc3ncc(-c4cnn(C)c4)nc3n2)c1. The summed E-state index contributed by atoms with van der Waals surface area (Å²) < 4.78 is 27.9. The van der Waals surface area contributed by atoms with Crippen LogP contribution < -0.4 is 14.4 Å². The second-order valence-electron chi connectivity index (χ2n) is 8.82. The third-order valence-electron chi connectivity index (χ3n) is 6.39. The third kappa shape index (κ3) is 5.02. The molecule has 1 amide bonds. The van der Waals surface area contributed by atoms with Crippen molar-refractivity contribution in [3.63, 3.8) is 0 Å². The molecule has 0 N–H and O–H groups in total. The van der Waals surface area contributed by atoms with Crippen molar-refractivity contribution in [2.24, 2.45) is 7.05 Å². The lowest BCUT2D eigenvalue weighted by Crippen LogP contribution is -2.29. The van der Waals surface area contributed by atoms with Gasteiger partial charge in [-0.3, -0.25) is 14.5 Å². The van der Waals surface area contributed by atoms with Gasteiger partial charge >= 0.3 is 0 Å². The Balaban J connectivity index is 1.54. The minimum Gasteiger partial charge on any atom is -0.497 e. The molecule has 4 heterocycles. The van der Waals surface area contributed by atoms with Crippen LogP contribution in [0.4, 0.5) is 15.9 Å². The van der Waals surface area contributed by atoms with E-state index >= 15 is 4.39 Å². The van der Waals surface area contributed by atoms with Gasteiger partial charge < -0.3 is 19.3 Å². The number of rotatable bonds is 9. The number of halogens is 1. The molecule has 1 aliphatic rings. The zero-order valence-electron chi connectivity index (χ0n) is 21.0. The number of aromatic nitrogens is 5. The van der Waals surface area contributed by atoms with Crippen LogP contribution in [0, 0.1) is 5.82 Å². The highest BCUT2D eigenvalue weighted by atomic mass is 19.1. The number of methoxy groups -OCH3 is 2. The van der Waals surface area contributed by atoms with E-state index in [0.29, 0.717) is 54.4 Å². The number of aryl methyl sites for hydroxylation is 1. The van der Waals surface area contributed by atoms with Crippen molar-refractivity contribution in [2.45, 2.75) is 19.3 Å². The molecule has 5 rings (SSSR count). The van der Waals surface area contributed by atoms with Gasteiger partial charge in [-0.05, 0) is 25.0 Å². The lowest BCUT2D eigenvalue weighted by atomic mass is 10.2. The van der Waals surface area contributed by atoms with Crippen LogP contribution in [0.3, 0.4) is 0 Å². The fourth-order valence-electron chi connectivity index (χ4n) is 4.47. The first-order chi connectivity index (χ1) is 18.0. The Morgan fingerprint density at radius 2 is 2.00 bits per heavy atom. The van der Waals surface area contributed by atoms with E-state index in [0.717, 1.165) is 18.5 Å². The number of carbonyl (C=O) groups is 1. The molecule has 3 aromatic heterocycles. The van der Waals surface area contributed by atoms with Gasteiger partial charge in [-0.15, -0.1) is 0 Å². The fraction of sp³-hybridized carbons (Fsp3) is 0.346. The van der Waals surface area contributed by atoms with Crippen molar-refractivity contribution in [3.05, 3.63) is 48.7 Å². The number of anilines is 2. The van der Waals surface area contributed by atoms with Crippen molar-refractivity contribution in [1.82, 2.24) is 29.6 Å². The van der Waals surface area contributed by atoms with E-state index in [2.05, 4.69) is 15.1 Å². The Bertz CT molecular complexity index is 1440. The summed E-state index contributed by atoms with van der Waals surface area (Å²) in [6.07, 6.45) is 7.31. The molecule has 192 valence electrons. The number of nitrogens with zero attached hydrogens (tertiary/aromatic N) is 7. The van der Waals surface area contributed by atoms with Crippen LogP contribution in [0.15, 0.2) is 42.9 Å². The Kier molecular flexibility index (Phi) is 6.85. The monoisotopic (exact) mass is 505 g/mol. The second-order valence-corrected chi connectivity index (χ2v) is 8.82. The Morgan fingerprint density at radius 1 is 1.14 bits per heavy atom. The van der Waals surface area contributed by atoms with Crippen LogP contribution in [0.1, 0.15) is 19.3 Å². The Labute approximate surface area is 213 Å². The largest absolute Gasteiger partial charge is 0.497 e. The molecular formula is C26H28FN7O3. The highest BCUT2D eigenvalue weighted by Gasteiger charge is 2.23. The van der Waals surface area contributed by atoms with Crippen LogP contribution >= 0.6 is 0 Å². The maximum absolute atomic E-state index is 15.6. The molecule has 37 heavy (non-hydrogen) atoms. The van der Waals surface area contributed by atoms with E-state index in [-0.39, 0.29) is 17.3 Å². The lowest BCUT2D eigenvalue weighted by Gasteiger charge is -2.26. The summed E-state index contributed by atoms with van der Waals surface area (Å²) in [6, 6.07) is 6.71. The smallest absolute Gasteiger partial charge is 0.222 e. The van der Waals surface area contributed by atoms with Gasteiger partial charge in [-0.25, -0.2) is 14.4 Å². The molecule has 10 nitrogen and oxygen atoms in total. The van der Waals surface area contributed by atoms with Crippen molar-refractivity contribution in [1.29, 1.82) is 0 Å². The van der Waals surface area contributed by atoms with E-state index < -0.39 is 5.82 Å². The molecule has 0 atom stereocenters. The molecule has 1 aliphatic heterocycles. The number of carbonyl (C=O) groups excluding carboxylic acids is 1. The number of ether oxygens (including phenoxy) is 2. The van der Waals surface area contributed by atoms with Crippen molar-refractivity contribution in [3.8, 4) is 22.8 Å². The summed E-state index contributed by atoms with van der Waals surface area (Å²) in [5, 5.41) is 4.20. The minimum absolute atomic E-state index is 0.0634. The minimum atomic E-state index is -0.530. The van der Waals surface area contributed by atoms with Crippen LogP contribution in [0.25, 0.3) is 22.4 Å². The predicted molar refractivity (Wildman–Crippen MR) is 136 cm³/mol. The first kappa shape index (κ1) is 24.4. The fourth-order valence-corrected chi connectivity index (χ4v) is 4.47. The summed E-state index contributed by atoms with van der Waals surface area (Å²) in [6.45, 7) is 1.74. The molecule has 0 unspecified atom stereocenters. The van der Waals surface area contributed by atoms with Crippen LogP contribution in [-0.2, 0) is 11.8 Å². The normalized spacial score (nSPS) is 13.4. The van der Waals surface area contributed by atoms with Crippen LogP contribution in [0.2, 0.25) is 0 Å². The van der Waals surface area contributed by atoms with Crippen LogP contribution in [-0.4, -0.2) is 69.4 Å². The zero-order valence-corrected chi connectivity index (χ0v) is 21.0. The number of benzene rings is 1. The quantitative estimate of drug-likeness (QED) is 0.339. The highest BCUT2D eigenvalue weighted by molar-refractivity contribution is 5.78. The van der Waals surface area contributed by atoms with E-state index in [4.69, 9.17) is 14.5 Å². The van der Waals surface area contributed by atoms with Crippen LogP contribution in [0.5, 0.6) is 11.5 Å². The molecule has 1 saturated heterocycles. The highest BCUT2D eigenvalue weighted by Crippen LogP contribution is 2.36. The summed E-state index contributed by atoms with van der Waals surface area (Å²) >= 11 is 0. The van der Waals surface area contributed by atoms with E-state index in [1.807, 2.05) is 24.2 Å². The Hall–Kier alpha value is -4.28. The molecule has 11 heteroatoms. The topological polar surface area (TPSA) is 98.5 Å². The third-order valence-corrected chi connectivity index (χ3v) is 6.39. The van der Waals surface area contributed by atoms with Gasteiger partial charge in [0.05, 0.1) is 38.0 Å². The van der Waals surface area contributed by atoms with Gasteiger partial charge in [0.25, 0.3) is 0 Å². The molecular weight excluding hydrogens is 477 g/mol. The molecule has 0 spiro atoms. The average molecular weight is 506 g/mol. The summed E-state index contributed by atoms with van der Waals surface area (Å²) in [5.41, 5.74) is 2.75. The molecule has 4 aromatic rings. The van der Waals surface area contributed by atoms with Gasteiger partial charge in [0.15, 0.2) is 17.2 Å². The summed E-state index contributed by atoms with van der Waals surface area (Å²) in [5.74, 6) is 0.633. The van der Waals surface area contributed by atoms with E-state index in [9.17, 15) is 4.79 Å². The predicted octanol–water partition coefficient (Wildman–Crippen LogP) is 3.73. The first-order valence-corrected chi connectivity index (χ1v) is 12.1. The van der Waals surface area contributed by atoms with E-state index in [1.54, 1.807) is 34.1 Å². The van der Waals surface area contributed by atoms with Gasteiger partial charge in [0.2, 0.25) is 5.91 Å². The number of hydrogen-bond acceptors (Lipinski definition) is 8. The molecule has 1 aromatic carbocycles. The number of likely N-dealkylation sites (tertiary alicyclic amines) is 1. The van der Waals surface area contributed by atoms with Crippen molar-refractivity contribution < 1.29 is 18.7 Å². The van der Waals surface area contributed by atoms with Gasteiger partial charge in [-0.2, -0.15) is 5.10 Å². The van der Waals surface area contributed by atoms with E-state index in [1.165, 1.54) is 20.3 Å². The number of amides is 1. The average Bonchev–Trinajstić information content (AvgIpc) is 3.54. The summed E-state index contributed by atoms with van der Waals surface area (Å²) in [4.78, 5) is 29.6. The summed E-state index contributed by atoms with van der Waals surface area (Å²) in [7, 11) is 4.76. The number of pyridine rings is 1. The molecule has 0 radical (unpaired) electrons. The Morgan fingerprint density at radius 3 is 2.70 bits per heavy atom. The number of hydrogen-bond donors (Lipinski definition) is 0. The van der Waals surface area contributed by atoms with Gasteiger partial charge in [-0.1, -0.05) is 0 Å². The first-order valence-electron chi connectivity index (χ1n) is 12.1. The van der Waals surface area contributed by atoms with Crippen molar-refractivity contribution in [2.75, 3.05) is 38.8 Å². The van der Waals surface area contributed by atoms with Gasteiger partial charge in [0, 0.05) is 57.0 Å². The van der Waals surface area contributed by atoms with Gasteiger partial charge in [0.1, 0.15) is 17.1 Å². The molecule has 1 fully saturated rings. The maximum atomic E-state index is 15.6. The standard InChI is InChI=1S/C26H28FN7O3/c1-32-16-17(14-29-32)20-15-28-19-7-8-23(31-26(19)30-20)34(11-5-10-33-9-4-6-24(33)35)21-12-18(36-2)13-22(37-3)25(21)27/h7-8,12-16H,4-6,9-11H2,1-3H3. The maximum Gasteiger partial charge on any atom is 0.222 e. The molecule has 0 bridgehead atoms. The zero-order chi connectivity index (χ0) is 25.9. The molecule has 0 aliphatic carbocycles. The second kappa shape index (κ2) is 10.4.